The molecule has 0 heterocycles. The molecule has 0 spiro atoms. The molecule has 0 bridgehead atoms. The van der Waals surface area contributed by atoms with Crippen LogP contribution in [0.5, 0.6) is 11.5 Å². The lowest BCUT2D eigenvalue weighted by Crippen LogP contribution is -2.18. The Balaban J connectivity index is 2.05. The van der Waals surface area contributed by atoms with Crippen LogP contribution in [0, 0.1) is 5.82 Å². The second-order valence-corrected chi connectivity index (χ2v) is 5.28. The fourth-order valence-corrected chi connectivity index (χ4v) is 1.94. The minimum absolute atomic E-state index is 0.00103. The maximum atomic E-state index is 12.8. The third kappa shape index (κ3) is 4.81. The fourth-order valence-electron chi connectivity index (χ4n) is 1.94. The lowest BCUT2D eigenvalue weighted by atomic mass is 10.2. The third-order valence-electron chi connectivity index (χ3n) is 3.04. The van der Waals surface area contributed by atoms with Crippen molar-refractivity contribution in [1.82, 2.24) is 5.43 Å². The summed E-state index contributed by atoms with van der Waals surface area (Å²) in [5, 5.41) is 3.85. The zero-order chi connectivity index (χ0) is 17.5. The molecule has 1 amide bonds. The number of methoxy groups -OCH3 is 1. The lowest BCUT2D eigenvalue weighted by Gasteiger charge is -2.14. The van der Waals surface area contributed by atoms with E-state index in [1.165, 1.54) is 25.5 Å². The predicted octanol–water partition coefficient (Wildman–Crippen LogP) is 3.39. The molecule has 0 saturated heterocycles. The monoisotopic (exact) mass is 330 g/mol. The van der Waals surface area contributed by atoms with Gasteiger partial charge < -0.3 is 9.47 Å². The first-order chi connectivity index (χ1) is 11.5. The number of halogens is 1. The molecule has 126 valence electrons. The molecule has 0 aliphatic rings. The van der Waals surface area contributed by atoms with Crippen LogP contribution in [0.2, 0.25) is 0 Å². The number of ether oxygens (including phenoxy) is 2. The van der Waals surface area contributed by atoms with Crippen LogP contribution in [0.15, 0.2) is 47.6 Å². The molecule has 2 aromatic carbocycles. The highest BCUT2D eigenvalue weighted by Gasteiger charge is 2.11. The number of rotatable bonds is 6. The normalized spacial score (nSPS) is 10.9. The highest BCUT2D eigenvalue weighted by atomic mass is 19.1. The van der Waals surface area contributed by atoms with Crippen LogP contribution in [-0.2, 0) is 0 Å². The molecule has 0 fully saturated rings. The van der Waals surface area contributed by atoms with Crippen molar-refractivity contribution in [2.75, 3.05) is 7.11 Å². The first-order valence-electron chi connectivity index (χ1n) is 7.43. The zero-order valence-electron chi connectivity index (χ0n) is 13.7. The van der Waals surface area contributed by atoms with Gasteiger partial charge in [-0.1, -0.05) is 12.1 Å². The van der Waals surface area contributed by atoms with Crippen molar-refractivity contribution in [3.05, 3.63) is 59.4 Å². The largest absolute Gasteiger partial charge is 0.493 e. The third-order valence-corrected chi connectivity index (χ3v) is 3.04. The maximum absolute atomic E-state index is 12.8. The van der Waals surface area contributed by atoms with Gasteiger partial charge in [0.1, 0.15) is 5.82 Å². The van der Waals surface area contributed by atoms with Crippen LogP contribution in [-0.4, -0.2) is 25.3 Å². The molecule has 0 radical (unpaired) electrons. The first-order valence-corrected chi connectivity index (χ1v) is 7.43. The summed E-state index contributed by atoms with van der Waals surface area (Å²) in [4.78, 5) is 12.1. The zero-order valence-corrected chi connectivity index (χ0v) is 13.7. The highest BCUT2D eigenvalue weighted by Crippen LogP contribution is 2.28. The summed E-state index contributed by atoms with van der Waals surface area (Å²) in [6, 6.07) is 10.7. The van der Waals surface area contributed by atoms with Gasteiger partial charge in [0.05, 0.1) is 19.4 Å². The van der Waals surface area contributed by atoms with Crippen molar-refractivity contribution in [1.29, 1.82) is 0 Å². The predicted molar refractivity (Wildman–Crippen MR) is 90.2 cm³/mol. The molecule has 6 heteroatoms. The molecule has 0 atom stereocenters. The molecule has 0 unspecified atom stereocenters. The standard InChI is InChI=1S/C18H19FN2O3/c1-12(2)24-16-9-6-14(10-17(16)23-3)18(22)21-20-11-13-4-7-15(19)8-5-13/h4-12H,1-3H3,(H,21,22)/b20-11+. The SMILES string of the molecule is COc1cc(C(=O)N/N=C/c2ccc(F)cc2)ccc1OC(C)C. The van der Waals surface area contributed by atoms with Crippen LogP contribution < -0.4 is 14.9 Å². The Hall–Kier alpha value is -2.89. The summed E-state index contributed by atoms with van der Waals surface area (Å²) in [6.45, 7) is 3.81. The topological polar surface area (TPSA) is 59.9 Å². The molecule has 2 aromatic rings. The van der Waals surface area contributed by atoms with E-state index in [1.807, 2.05) is 13.8 Å². The Labute approximate surface area is 140 Å². The van der Waals surface area contributed by atoms with Crippen molar-refractivity contribution in [3.8, 4) is 11.5 Å². The Morgan fingerprint density at radius 2 is 1.88 bits per heavy atom. The fraction of sp³-hybridized carbons (Fsp3) is 0.222. The molecule has 0 saturated carbocycles. The molecule has 0 aromatic heterocycles. The second-order valence-electron chi connectivity index (χ2n) is 5.28. The van der Waals surface area contributed by atoms with E-state index in [2.05, 4.69) is 10.5 Å². The number of amides is 1. The number of hydrogen-bond donors (Lipinski definition) is 1. The van der Waals surface area contributed by atoms with Crippen LogP contribution in [0.25, 0.3) is 0 Å². The van der Waals surface area contributed by atoms with Gasteiger partial charge in [-0.3, -0.25) is 4.79 Å². The molecule has 5 nitrogen and oxygen atoms in total. The van der Waals surface area contributed by atoms with Gasteiger partial charge in [-0.05, 0) is 49.7 Å². The van der Waals surface area contributed by atoms with Crippen molar-refractivity contribution < 1.29 is 18.7 Å². The second kappa shape index (κ2) is 8.10. The molecule has 24 heavy (non-hydrogen) atoms. The summed E-state index contributed by atoms with van der Waals surface area (Å²) in [7, 11) is 1.51. The van der Waals surface area contributed by atoms with Crippen molar-refractivity contribution >= 4 is 12.1 Å². The quantitative estimate of drug-likeness (QED) is 0.652. The molecule has 1 N–H and O–H groups in total. The van der Waals surface area contributed by atoms with E-state index in [9.17, 15) is 9.18 Å². The number of nitrogens with zero attached hydrogens (tertiary/aromatic N) is 1. The van der Waals surface area contributed by atoms with E-state index in [1.54, 1.807) is 30.3 Å². The minimum Gasteiger partial charge on any atom is -0.493 e. The number of benzene rings is 2. The van der Waals surface area contributed by atoms with Gasteiger partial charge in [0.15, 0.2) is 11.5 Å². The van der Waals surface area contributed by atoms with Gasteiger partial charge in [0, 0.05) is 5.56 Å². The van der Waals surface area contributed by atoms with Crippen LogP contribution in [0.3, 0.4) is 0 Å². The number of hydrazone groups is 1. The van der Waals surface area contributed by atoms with E-state index >= 15 is 0 Å². The van der Waals surface area contributed by atoms with Gasteiger partial charge in [-0.15, -0.1) is 0 Å². The minimum atomic E-state index is -0.386. The van der Waals surface area contributed by atoms with Crippen molar-refractivity contribution in [2.45, 2.75) is 20.0 Å². The Morgan fingerprint density at radius 1 is 1.17 bits per heavy atom. The number of carbonyl (C=O) groups excluding carboxylic acids is 1. The maximum Gasteiger partial charge on any atom is 0.271 e. The van der Waals surface area contributed by atoms with Gasteiger partial charge >= 0.3 is 0 Å². The van der Waals surface area contributed by atoms with Gasteiger partial charge in [0.2, 0.25) is 0 Å². The summed E-state index contributed by atoms with van der Waals surface area (Å²) in [6.07, 6.45) is 1.43. The van der Waals surface area contributed by atoms with Crippen LogP contribution in [0.1, 0.15) is 29.8 Å². The molecule has 0 aliphatic heterocycles. The molecule has 0 aliphatic carbocycles. The Morgan fingerprint density at radius 3 is 2.50 bits per heavy atom. The summed E-state index contributed by atoms with van der Waals surface area (Å²) in [5.41, 5.74) is 3.48. The smallest absolute Gasteiger partial charge is 0.271 e. The molecular weight excluding hydrogens is 311 g/mol. The number of carbonyl (C=O) groups is 1. The van der Waals surface area contributed by atoms with E-state index in [-0.39, 0.29) is 17.8 Å². The van der Waals surface area contributed by atoms with Crippen LogP contribution in [0.4, 0.5) is 4.39 Å². The Kier molecular flexibility index (Phi) is 5.89. The number of hydrogen-bond acceptors (Lipinski definition) is 4. The summed E-state index contributed by atoms with van der Waals surface area (Å²) < 4.78 is 23.7. The van der Waals surface area contributed by atoms with Gasteiger partial charge in [-0.2, -0.15) is 5.10 Å². The van der Waals surface area contributed by atoms with Crippen molar-refractivity contribution in [3.63, 3.8) is 0 Å². The average Bonchev–Trinajstić information content (AvgIpc) is 2.56. The van der Waals surface area contributed by atoms with E-state index in [0.717, 1.165) is 0 Å². The number of nitrogens with one attached hydrogen (secondary N) is 1. The van der Waals surface area contributed by atoms with Gasteiger partial charge in [0.25, 0.3) is 5.91 Å². The summed E-state index contributed by atoms with van der Waals surface area (Å²) >= 11 is 0. The van der Waals surface area contributed by atoms with Gasteiger partial charge in [-0.25, -0.2) is 9.82 Å². The van der Waals surface area contributed by atoms with Crippen molar-refractivity contribution in [2.24, 2.45) is 5.10 Å². The molecule has 2 rings (SSSR count). The Bertz CT molecular complexity index is 728. The first kappa shape index (κ1) is 17.5. The van der Waals surface area contributed by atoms with E-state index in [4.69, 9.17) is 9.47 Å². The summed E-state index contributed by atoms with van der Waals surface area (Å²) in [5.74, 6) is 0.326. The van der Waals surface area contributed by atoms with E-state index < -0.39 is 0 Å². The lowest BCUT2D eigenvalue weighted by molar-refractivity contribution is 0.0954. The average molecular weight is 330 g/mol. The van der Waals surface area contributed by atoms with Crippen LogP contribution >= 0.6 is 0 Å². The van der Waals surface area contributed by atoms with E-state index in [0.29, 0.717) is 22.6 Å². The highest BCUT2D eigenvalue weighted by molar-refractivity contribution is 5.95. The molecular formula is C18H19FN2O3.